The van der Waals surface area contributed by atoms with Crippen LogP contribution in [0.4, 0.5) is 0 Å². The van der Waals surface area contributed by atoms with E-state index >= 15 is 0 Å². The lowest BCUT2D eigenvalue weighted by molar-refractivity contribution is 0.412. The summed E-state index contributed by atoms with van der Waals surface area (Å²) in [6.07, 6.45) is 0. The van der Waals surface area contributed by atoms with E-state index in [1.165, 1.54) is 10.8 Å². The van der Waals surface area contributed by atoms with Crippen LogP contribution in [0, 0.1) is 6.92 Å². The molecule has 0 aliphatic rings. The third-order valence-electron chi connectivity index (χ3n) is 2.31. The van der Waals surface area contributed by atoms with E-state index in [2.05, 4.69) is 38.7 Å². The molecule has 1 nitrogen and oxygen atoms in total. The first kappa shape index (κ1) is 10.3. The van der Waals surface area contributed by atoms with Gasteiger partial charge in [0.2, 0.25) is 0 Å². The summed E-state index contributed by atoms with van der Waals surface area (Å²) in [5.74, 6) is 1.01. The van der Waals surface area contributed by atoms with Crippen molar-refractivity contribution in [3.63, 3.8) is 0 Å². The van der Waals surface area contributed by atoms with Crippen molar-refractivity contribution in [1.82, 2.24) is 0 Å². The topological polar surface area (TPSA) is 9.23 Å². The smallest absolute Gasteiger partial charge is 0.121 e. The number of hydrogen-bond donors (Lipinski definition) is 0. The van der Waals surface area contributed by atoms with E-state index in [9.17, 15) is 0 Å². The largest absolute Gasteiger partial charge is 0.496 e. The van der Waals surface area contributed by atoms with Gasteiger partial charge in [-0.05, 0) is 18.6 Å². The van der Waals surface area contributed by atoms with Crippen LogP contribution in [0.3, 0.4) is 0 Å². The van der Waals surface area contributed by atoms with E-state index in [-0.39, 0.29) is 0 Å². The van der Waals surface area contributed by atoms with E-state index < -0.39 is 8.07 Å². The molecule has 0 aliphatic carbocycles. The molecule has 1 rings (SSSR count). The second-order valence-electron chi connectivity index (χ2n) is 4.38. The molecule has 1 aromatic carbocycles. The van der Waals surface area contributed by atoms with Crippen LogP contribution in [0.5, 0.6) is 5.75 Å². The van der Waals surface area contributed by atoms with Gasteiger partial charge in [0.05, 0.1) is 15.2 Å². The van der Waals surface area contributed by atoms with Crippen molar-refractivity contribution in [1.29, 1.82) is 0 Å². The van der Waals surface area contributed by atoms with Gasteiger partial charge in [-0.25, -0.2) is 0 Å². The molecule has 0 amide bonds. The molecule has 0 saturated carbocycles. The van der Waals surface area contributed by atoms with Gasteiger partial charge < -0.3 is 4.74 Å². The average molecular weight is 194 g/mol. The van der Waals surface area contributed by atoms with Crippen molar-refractivity contribution >= 4 is 13.3 Å². The summed E-state index contributed by atoms with van der Waals surface area (Å²) in [6, 6.07) is 6.34. The number of hydrogen-bond acceptors (Lipinski definition) is 1. The van der Waals surface area contributed by atoms with Crippen LogP contribution in [0.25, 0.3) is 0 Å². The monoisotopic (exact) mass is 194 g/mol. The summed E-state index contributed by atoms with van der Waals surface area (Å²) in [7, 11) is 0.527. The molecule has 0 heterocycles. The molecule has 0 saturated heterocycles. The van der Waals surface area contributed by atoms with E-state index in [0.29, 0.717) is 0 Å². The molecule has 0 aromatic heterocycles. The van der Waals surface area contributed by atoms with Crippen molar-refractivity contribution in [3.05, 3.63) is 23.8 Å². The van der Waals surface area contributed by atoms with Crippen LogP contribution >= 0.6 is 0 Å². The summed E-state index contributed by atoms with van der Waals surface area (Å²) in [4.78, 5) is 0. The Kier molecular flexibility index (Phi) is 2.81. The molecule has 1 aromatic rings. The number of benzene rings is 1. The molecule has 72 valence electrons. The predicted octanol–water partition coefficient (Wildman–Crippen LogP) is 2.55. The van der Waals surface area contributed by atoms with E-state index in [0.717, 1.165) is 5.75 Å². The molecule has 0 bridgehead atoms. The van der Waals surface area contributed by atoms with Crippen LogP contribution in [-0.2, 0) is 0 Å². The first-order chi connectivity index (χ1) is 5.96. The highest BCUT2D eigenvalue weighted by molar-refractivity contribution is 6.89. The van der Waals surface area contributed by atoms with Gasteiger partial charge in [-0.15, -0.1) is 0 Å². The van der Waals surface area contributed by atoms with Gasteiger partial charge in [-0.1, -0.05) is 37.0 Å². The fourth-order valence-electron chi connectivity index (χ4n) is 1.65. The Morgan fingerprint density at radius 2 is 1.77 bits per heavy atom. The molecule has 0 atom stereocenters. The zero-order chi connectivity index (χ0) is 10.1. The van der Waals surface area contributed by atoms with Gasteiger partial charge in [-0.3, -0.25) is 0 Å². The van der Waals surface area contributed by atoms with Gasteiger partial charge in [0, 0.05) is 0 Å². The summed E-state index contributed by atoms with van der Waals surface area (Å²) in [6.45, 7) is 9.21. The van der Waals surface area contributed by atoms with Crippen LogP contribution in [0.15, 0.2) is 18.2 Å². The van der Waals surface area contributed by atoms with Crippen LogP contribution < -0.4 is 9.92 Å². The molecule has 0 radical (unpaired) electrons. The Hall–Kier alpha value is -0.763. The number of ether oxygens (including phenoxy) is 1. The third kappa shape index (κ3) is 2.13. The fourth-order valence-corrected chi connectivity index (χ4v) is 3.49. The minimum absolute atomic E-state index is 1.01. The maximum atomic E-state index is 5.30. The van der Waals surface area contributed by atoms with Crippen molar-refractivity contribution < 1.29 is 4.74 Å². The van der Waals surface area contributed by atoms with Gasteiger partial charge in [0.25, 0.3) is 0 Å². The minimum atomic E-state index is -1.21. The number of rotatable bonds is 2. The van der Waals surface area contributed by atoms with Crippen LogP contribution in [-0.4, -0.2) is 15.2 Å². The second kappa shape index (κ2) is 3.54. The minimum Gasteiger partial charge on any atom is -0.496 e. The first-order valence-corrected chi connectivity index (χ1v) is 8.11. The predicted molar refractivity (Wildman–Crippen MR) is 60.7 cm³/mol. The quantitative estimate of drug-likeness (QED) is 0.657. The van der Waals surface area contributed by atoms with E-state index in [4.69, 9.17) is 4.74 Å². The molecule has 0 aliphatic heterocycles. The highest BCUT2D eigenvalue weighted by Crippen LogP contribution is 2.17. The second-order valence-corrected chi connectivity index (χ2v) is 9.42. The lowest BCUT2D eigenvalue weighted by Gasteiger charge is -2.20. The molecule has 0 unspecified atom stereocenters. The Morgan fingerprint density at radius 1 is 1.15 bits per heavy atom. The zero-order valence-corrected chi connectivity index (χ0v) is 10.1. The van der Waals surface area contributed by atoms with E-state index in [1.54, 1.807) is 7.11 Å². The molecule has 0 fully saturated rings. The lowest BCUT2D eigenvalue weighted by Crippen LogP contribution is -2.39. The highest BCUT2D eigenvalue weighted by Gasteiger charge is 2.19. The molecular formula is C11H18OSi. The molecule has 0 N–H and O–H groups in total. The van der Waals surface area contributed by atoms with Crippen molar-refractivity contribution in [2.24, 2.45) is 0 Å². The van der Waals surface area contributed by atoms with Gasteiger partial charge >= 0.3 is 0 Å². The molecule has 13 heavy (non-hydrogen) atoms. The first-order valence-electron chi connectivity index (χ1n) is 4.61. The van der Waals surface area contributed by atoms with Crippen LogP contribution in [0.2, 0.25) is 19.6 Å². The maximum Gasteiger partial charge on any atom is 0.121 e. The average Bonchev–Trinajstić information content (AvgIpc) is 2.02. The van der Waals surface area contributed by atoms with Gasteiger partial charge in [0.15, 0.2) is 0 Å². The number of methoxy groups -OCH3 is 1. The Bertz CT molecular complexity index is 299. The van der Waals surface area contributed by atoms with Crippen LogP contribution in [0.1, 0.15) is 5.56 Å². The lowest BCUT2D eigenvalue weighted by atomic mass is 10.2. The van der Waals surface area contributed by atoms with Gasteiger partial charge in [-0.2, -0.15) is 0 Å². The summed E-state index contributed by atoms with van der Waals surface area (Å²) in [5, 5.41) is 1.49. The molecule has 2 heteroatoms. The highest BCUT2D eigenvalue weighted by atomic mass is 28.3. The SMILES string of the molecule is COc1cccc([Si](C)(C)C)c1C. The van der Waals surface area contributed by atoms with Crippen molar-refractivity contribution in [2.75, 3.05) is 7.11 Å². The fraction of sp³-hybridized carbons (Fsp3) is 0.455. The summed E-state index contributed by atoms with van der Waals surface area (Å²) < 4.78 is 5.30. The zero-order valence-electron chi connectivity index (χ0n) is 9.14. The van der Waals surface area contributed by atoms with Crippen molar-refractivity contribution in [2.45, 2.75) is 26.6 Å². The Labute approximate surface area is 81.8 Å². The Morgan fingerprint density at radius 3 is 2.23 bits per heavy atom. The van der Waals surface area contributed by atoms with Gasteiger partial charge in [0.1, 0.15) is 5.75 Å². The summed E-state index contributed by atoms with van der Waals surface area (Å²) in [5.41, 5.74) is 1.31. The summed E-state index contributed by atoms with van der Waals surface area (Å²) >= 11 is 0. The normalized spacial score (nSPS) is 11.5. The van der Waals surface area contributed by atoms with E-state index in [1.807, 2.05) is 6.07 Å². The molecular weight excluding hydrogens is 176 g/mol. The maximum absolute atomic E-state index is 5.30. The Balaban J connectivity index is 3.24. The standard InChI is InChI=1S/C11H18OSi/c1-9-10(12-2)7-6-8-11(9)13(3,4)5/h6-8H,1-5H3. The van der Waals surface area contributed by atoms with Crippen molar-refractivity contribution in [3.8, 4) is 5.75 Å². The third-order valence-corrected chi connectivity index (χ3v) is 4.47. The molecule has 0 spiro atoms.